The Bertz CT molecular complexity index is 745. The van der Waals surface area contributed by atoms with Gasteiger partial charge in [-0.2, -0.15) is 10.2 Å². The summed E-state index contributed by atoms with van der Waals surface area (Å²) >= 11 is 0. The van der Waals surface area contributed by atoms with Crippen LogP contribution in [0.3, 0.4) is 0 Å². The van der Waals surface area contributed by atoms with Crippen LogP contribution in [0.25, 0.3) is 0 Å². The van der Waals surface area contributed by atoms with E-state index in [1.54, 1.807) is 26.4 Å². The minimum Gasteiger partial charge on any atom is -0.493 e. The van der Waals surface area contributed by atoms with E-state index in [1.807, 2.05) is 32.9 Å². The number of rotatable bonds is 5. The zero-order valence-corrected chi connectivity index (χ0v) is 14.5. The lowest BCUT2D eigenvalue weighted by atomic mass is 9.92. The first kappa shape index (κ1) is 17.5. The van der Waals surface area contributed by atoms with Gasteiger partial charge in [0.1, 0.15) is 0 Å². The summed E-state index contributed by atoms with van der Waals surface area (Å²) in [6.07, 6.45) is 1.50. The van der Waals surface area contributed by atoms with E-state index in [1.165, 1.54) is 6.21 Å². The predicted octanol–water partition coefficient (Wildman–Crippen LogP) is 2.49. The smallest absolute Gasteiger partial charge is 0.291 e. The fourth-order valence-corrected chi connectivity index (χ4v) is 2.05. The molecule has 1 aromatic heterocycles. The van der Waals surface area contributed by atoms with Gasteiger partial charge in [0.05, 0.1) is 20.4 Å². The number of amides is 1. The molecule has 0 aliphatic carbocycles. The molecule has 1 heterocycles. The third-order valence-corrected chi connectivity index (χ3v) is 3.42. The van der Waals surface area contributed by atoms with Crippen LogP contribution in [-0.4, -0.2) is 36.5 Å². The molecule has 0 saturated carbocycles. The van der Waals surface area contributed by atoms with Crippen LogP contribution in [0.1, 0.15) is 42.5 Å². The molecule has 1 aromatic carbocycles. The number of carbonyl (C=O) groups is 1. The quantitative estimate of drug-likeness (QED) is 0.651. The van der Waals surface area contributed by atoms with E-state index in [0.29, 0.717) is 17.1 Å². The number of benzene rings is 1. The Kier molecular flexibility index (Phi) is 5.23. The maximum Gasteiger partial charge on any atom is 0.291 e. The molecule has 2 rings (SSSR count). The number of hydrogen-bond donors (Lipinski definition) is 2. The Hall–Kier alpha value is -2.83. The van der Waals surface area contributed by atoms with Crippen molar-refractivity contribution in [3.05, 3.63) is 41.2 Å². The first-order chi connectivity index (χ1) is 11.4. The lowest BCUT2D eigenvalue weighted by Gasteiger charge is -2.14. The van der Waals surface area contributed by atoms with Crippen LogP contribution in [0.2, 0.25) is 0 Å². The molecule has 0 unspecified atom stereocenters. The van der Waals surface area contributed by atoms with Gasteiger partial charge in [0.2, 0.25) is 0 Å². The highest BCUT2D eigenvalue weighted by molar-refractivity contribution is 5.93. The highest BCUT2D eigenvalue weighted by Gasteiger charge is 2.19. The number of para-hydroxylation sites is 1. The normalized spacial score (nSPS) is 11.5. The van der Waals surface area contributed by atoms with Gasteiger partial charge in [-0.25, -0.2) is 5.43 Å². The second-order valence-electron chi connectivity index (χ2n) is 6.20. The SMILES string of the molecule is COc1cccc(C=NNC(=O)c2cc(C(C)(C)C)[nH]n2)c1OC. The fourth-order valence-electron chi connectivity index (χ4n) is 2.05. The molecule has 0 aliphatic rings. The van der Waals surface area contributed by atoms with Crippen molar-refractivity contribution in [2.24, 2.45) is 5.10 Å². The average Bonchev–Trinajstić information content (AvgIpc) is 3.04. The number of aromatic nitrogens is 2. The molecule has 0 fully saturated rings. The third kappa shape index (κ3) is 3.92. The van der Waals surface area contributed by atoms with Crippen molar-refractivity contribution in [3.63, 3.8) is 0 Å². The van der Waals surface area contributed by atoms with E-state index in [0.717, 1.165) is 5.69 Å². The van der Waals surface area contributed by atoms with E-state index < -0.39 is 0 Å². The molecule has 7 heteroatoms. The lowest BCUT2D eigenvalue weighted by molar-refractivity contribution is 0.0950. The summed E-state index contributed by atoms with van der Waals surface area (Å²) in [6, 6.07) is 7.13. The summed E-state index contributed by atoms with van der Waals surface area (Å²) in [5.41, 5.74) is 4.20. The summed E-state index contributed by atoms with van der Waals surface area (Å²) < 4.78 is 10.5. The average molecular weight is 330 g/mol. The predicted molar refractivity (Wildman–Crippen MR) is 91.9 cm³/mol. The van der Waals surface area contributed by atoms with Gasteiger partial charge in [-0.05, 0) is 18.2 Å². The Balaban J connectivity index is 2.09. The summed E-state index contributed by atoms with van der Waals surface area (Å²) in [5, 5.41) is 10.8. The van der Waals surface area contributed by atoms with Gasteiger partial charge in [-0.3, -0.25) is 9.89 Å². The van der Waals surface area contributed by atoms with Crippen molar-refractivity contribution in [2.75, 3.05) is 14.2 Å². The van der Waals surface area contributed by atoms with Gasteiger partial charge >= 0.3 is 0 Å². The Morgan fingerprint density at radius 1 is 1.29 bits per heavy atom. The van der Waals surface area contributed by atoms with Gasteiger partial charge in [-0.15, -0.1) is 0 Å². The standard InChI is InChI=1S/C17H22N4O3/c1-17(2,3)14-9-12(19-20-14)16(22)21-18-10-11-7-6-8-13(23-4)15(11)24-5/h6-10H,1-5H3,(H,19,20)(H,21,22). The zero-order chi connectivity index (χ0) is 17.7. The van der Waals surface area contributed by atoms with Crippen molar-refractivity contribution in [3.8, 4) is 11.5 Å². The molecule has 0 bridgehead atoms. The Morgan fingerprint density at radius 3 is 2.62 bits per heavy atom. The van der Waals surface area contributed by atoms with E-state index in [9.17, 15) is 4.79 Å². The van der Waals surface area contributed by atoms with E-state index in [2.05, 4.69) is 20.7 Å². The molecule has 0 atom stereocenters. The molecular weight excluding hydrogens is 308 g/mol. The lowest BCUT2D eigenvalue weighted by Crippen LogP contribution is -2.18. The van der Waals surface area contributed by atoms with Gasteiger partial charge < -0.3 is 9.47 Å². The maximum absolute atomic E-state index is 12.1. The largest absolute Gasteiger partial charge is 0.493 e. The summed E-state index contributed by atoms with van der Waals surface area (Å²) in [6.45, 7) is 6.11. The molecule has 128 valence electrons. The van der Waals surface area contributed by atoms with E-state index >= 15 is 0 Å². The van der Waals surface area contributed by atoms with Crippen LogP contribution >= 0.6 is 0 Å². The molecule has 0 radical (unpaired) electrons. The molecule has 0 spiro atoms. The topological polar surface area (TPSA) is 88.6 Å². The molecule has 0 saturated heterocycles. The third-order valence-electron chi connectivity index (χ3n) is 3.42. The number of nitrogens with zero attached hydrogens (tertiary/aromatic N) is 2. The first-order valence-corrected chi connectivity index (χ1v) is 7.47. The monoisotopic (exact) mass is 330 g/mol. The van der Waals surface area contributed by atoms with Crippen molar-refractivity contribution in [1.29, 1.82) is 0 Å². The summed E-state index contributed by atoms with van der Waals surface area (Å²) in [7, 11) is 3.11. The van der Waals surface area contributed by atoms with Crippen molar-refractivity contribution >= 4 is 12.1 Å². The van der Waals surface area contributed by atoms with Crippen LogP contribution in [0.4, 0.5) is 0 Å². The van der Waals surface area contributed by atoms with Gasteiger partial charge in [0, 0.05) is 16.7 Å². The number of aromatic amines is 1. The zero-order valence-electron chi connectivity index (χ0n) is 14.5. The number of carbonyl (C=O) groups excluding carboxylic acids is 1. The van der Waals surface area contributed by atoms with E-state index in [-0.39, 0.29) is 17.0 Å². The minimum atomic E-state index is -0.389. The van der Waals surface area contributed by atoms with Gasteiger partial charge in [-0.1, -0.05) is 26.8 Å². The molecule has 0 aliphatic heterocycles. The van der Waals surface area contributed by atoms with Gasteiger partial charge in [0.25, 0.3) is 5.91 Å². The minimum absolute atomic E-state index is 0.108. The van der Waals surface area contributed by atoms with Crippen molar-refractivity contribution in [1.82, 2.24) is 15.6 Å². The number of hydrogen-bond acceptors (Lipinski definition) is 5. The molecule has 7 nitrogen and oxygen atoms in total. The highest BCUT2D eigenvalue weighted by atomic mass is 16.5. The number of methoxy groups -OCH3 is 2. The van der Waals surface area contributed by atoms with Crippen LogP contribution < -0.4 is 14.9 Å². The second kappa shape index (κ2) is 7.16. The van der Waals surface area contributed by atoms with Crippen molar-refractivity contribution < 1.29 is 14.3 Å². The molecular formula is C17H22N4O3. The molecule has 1 amide bonds. The fraction of sp³-hybridized carbons (Fsp3) is 0.353. The second-order valence-corrected chi connectivity index (χ2v) is 6.20. The molecule has 24 heavy (non-hydrogen) atoms. The number of nitrogens with one attached hydrogen (secondary N) is 2. The maximum atomic E-state index is 12.1. The van der Waals surface area contributed by atoms with Crippen LogP contribution in [0, 0.1) is 0 Å². The molecule has 2 N–H and O–H groups in total. The number of ether oxygens (including phenoxy) is 2. The van der Waals surface area contributed by atoms with Crippen LogP contribution in [0.5, 0.6) is 11.5 Å². The van der Waals surface area contributed by atoms with Crippen molar-refractivity contribution in [2.45, 2.75) is 26.2 Å². The van der Waals surface area contributed by atoms with Crippen LogP contribution in [-0.2, 0) is 5.41 Å². The highest BCUT2D eigenvalue weighted by Crippen LogP contribution is 2.29. The van der Waals surface area contributed by atoms with E-state index in [4.69, 9.17) is 9.47 Å². The Morgan fingerprint density at radius 2 is 2.04 bits per heavy atom. The Labute approximate surface area is 141 Å². The van der Waals surface area contributed by atoms with Gasteiger partial charge in [0.15, 0.2) is 17.2 Å². The number of hydrazone groups is 1. The number of H-pyrrole nitrogens is 1. The first-order valence-electron chi connectivity index (χ1n) is 7.47. The molecule has 2 aromatic rings. The van der Waals surface area contributed by atoms with Crippen LogP contribution in [0.15, 0.2) is 29.4 Å². The summed E-state index contributed by atoms with van der Waals surface area (Å²) in [5.74, 6) is 0.752. The summed E-state index contributed by atoms with van der Waals surface area (Å²) in [4.78, 5) is 12.1.